The molecular formula is C6H2Cl4I4. The van der Waals surface area contributed by atoms with Crippen LogP contribution in [0.25, 0.3) is 0 Å². The highest BCUT2D eigenvalue weighted by atomic mass is 127. The number of halogens is 8. The zero-order chi connectivity index (χ0) is 10.6. The van der Waals surface area contributed by atoms with Gasteiger partial charge in [0.25, 0.3) is 0 Å². The summed E-state index contributed by atoms with van der Waals surface area (Å²) >= 11 is -1.67. The van der Waals surface area contributed by atoms with Crippen molar-refractivity contribution in [3.63, 3.8) is 0 Å². The molecular weight excluding hydrogens is 721 g/mol. The summed E-state index contributed by atoms with van der Waals surface area (Å²) in [6, 6.07) is 4.27. The van der Waals surface area contributed by atoms with Gasteiger partial charge in [-0.05, 0) is 128 Å². The first-order valence-corrected chi connectivity index (χ1v) is 18.2. The lowest BCUT2D eigenvalue weighted by Gasteiger charge is -2.07. The van der Waals surface area contributed by atoms with E-state index in [1.165, 1.54) is 14.3 Å². The maximum atomic E-state index is 5.95. The molecule has 0 nitrogen and oxygen atoms in total. The van der Waals surface area contributed by atoms with Gasteiger partial charge < -0.3 is 0 Å². The predicted molar refractivity (Wildman–Crippen MR) is 101 cm³/mol. The van der Waals surface area contributed by atoms with E-state index in [-0.39, 0.29) is 0 Å². The van der Waals surface area contributed by atoms with Gasteiger partial charge in [-0.3, -0.25) is 0 Å². The lowest BCUT2D eigenvalue weighted by molar-refractivity contribution is 1.49. The van der Waals surface area contributed by atoms with Crippen LogP contribution in [0.2, 0.25) is 0 Å². The Morgan fingerprint density at radius 2 is 0.786 bits per heavy atom. The molecule has 0 heterocycles. The fourth-order valence-corrected chi connectivity index (χ4v) is 14.2. The van der Waals surface area contributed by atoms with Crippen LogP contribution in [0.1, 0.15) is 0 Å². The number of rotatable bonds is 4. The molecule has 0 aliphatic carbocycles. The first-order valence-electron chi connectivity index (χ1n) is 2.98. The molecule has 0 saturated carbocycles. The molecule has 0 unspecified atom stereocenters. The Bertz CT molecular complexity index is 261. The molecule has 0 bridgehead atoms. The molecule has 0 aromatic heterocycles. The monoisotopic (exact) mass is 722 g/mol. The molecule has 0 aliphatic heterocycles. The number of hydrogen-bond donors (Lipinski definition) is 0. The van der Waals surface area contributed by atoms with E-state index in [1.54, 1.807) is 0 Å². The first kappa shape index (κ1) is 15.4. The normalized spacial score (nSPS) is 10.6. The van der Waals surface area contributed by atoms with E-state index in [0.29, 0.717) is 0 Å². The zero-order valence-corrected chi connectivity index (χ0v) is 17.8. The standard InChI is InChI=1S/C6H2Cl4I4/c7-11-3-1-4(12-8)6(14-10)2-5(3)13-9/h1-2H. The minimum Gasteiger partial charge on any atom is -0.0490 e. The molecule has 4 radical (unpaired) electrons. The highest BCUT2D eigenvalue weighted by Gasteiger charge is 2.10. The van der Waals surface area contributed by atoms with Crippen LogP contribution in [0.5, 0.6) is 0 Å². The van der Waals surface area contributed by atoms with Gasteiger partial charge >= 0.3 is 0 Å². The van der Waals surface area contributed by atoms with Crippen LogP contribution in [-0.4, -0.2) is 0 Å². The Labute approximate surface area is 139 Å². The van der Waals surface area contributed by atoms with Crippen molar-refractivity contribution in [2.45, 2.75) is 0 Å². The van der Waals surface area contributed by atoms with Gasteiger partial charge in [-0.2, -0.15) is 0 Å². The number of hydrogen-bond acceptors (Lipinski definition) is 0. The Hall–Kier alpha value is 3.30. The van der Waals surface area contributed by atoms with Crippen molar-refractivity contribution in [3.8, 4) is 0 Å². The van der Waals surface area contributed by atoms with Gasteiger partial charge in [0.2, 0.25) is 0 Å². The average molecular weight is 724 g/mol. The van der Waals surface area contributed by atoms with E-state index in [4.69, 9.17) is 35.6 Å². The summed E-state index contributed by atoms with van der Waals surface area (Å²) in [5.74, 6) is 0. The van der Waals surface area contributed by atoms with Crippen molar-refractivity contribution in [3.05, 3.63) is 26.4 Å². The van der Waals surface area contributed by atoms with Crippen LogP contribution >= 0.6 is 116 Å². The van der Waals surface area contributed by atoms with Gasteiger partial charge in [-0.25, -0.2) is 0 Å². The van der Waals surface area contributed by atoms with Gasteiger partial charge in [0.1, 0.15) is 0 Å². The summed E-state index contributed by atoms with van der Waals surface area (Å²) in [6.45, 7) is 0. The average Bonchev–Trinajstić information content (AvgIpc) is 2.26. The van der Waals surface area contributed by atoms with E-state index < -0.39 is 80.3 Å². The van der Waals surface area contributed by atoms with Crippen molar-refractivity contribution in [2.75, 3.05) is 0 Å². The van der Waals surface area contributed by atoms with Crippen LogP contribution in [0.4, 0.5) is 0 Å². The third-order valence-electron chi connectivity index (χ3n) is 1.27. The fourth-order valence-electron chi connectivity index (χ4n) is 0.717. The molecule has 0 spiro atoms. The largest absolute Gasteiger partial charge is 0.0490 e. The van der Waals surface area contributed by atoms with Crippen LogP contribution in [0.15, 0.2) is 12.1 Å². The lowest BCUT2D eigenvalue weighted by atomic mass is 10.4. The molecule has 1 rings (SSSR count). The van der Waals surface area contributed by atoms with Crippen molar-refractivity contribution in [2.24, 2.45) is 0 Å². The maximum Gasteiger partial charge on any atom is 0.0334 e. The molecule has 1 aromatic carbocycles. The van der Waals surface area contributed by atoms with E-state index in [2.05, 4.69) is 12.1 Å². The zero-order valence-electron chi connectivity index (χ0n) is 6.18. The Morgan fingerprint density at radius 3 is 0.929 bits per heavy atom. The maximum absolute atomic E-state index is 5.95. The fraction of sp³-hybridized carbons (Fsp3) is 0. The molecule has 8 heteroatoms. The highest BCUT2D eigenvalue weighted by molar-refractivity contribution is 14.2. The molecule has 0 saturated heterocycles. The Balaban J connectivity index is 3.20. The van der Waals surface area contributed by atoms with E-state index in [0.717, 1.165) is 0 Å². The minimum atomic E-state index is -0.416. The van der Waals surface area contributed by atoms with E-state index in [9.17, 15) is 0 Å². The second-order valence-electron chi connectivity index (χ2n) is 1.97. The quantitative estimate of drug-likeness (QED) is 0.236. The van der Waals surface area contributed by atoms with Crippen molar-refractivity contribution in [1.29, 1.82) is 0 Å². The third kappa shape index (κ3) is 4.20. The van der Waals surface area contributed by atoms with Gasteiger partial charge in [0.05, 0.1) is 0 Å². The predicted octanol–water partition coefficient (Wildman–Crippen LogP) is 6.86. The van der Waals surface area contributed by atoms with Crippen molar-refractivity contribution < 1.29 is 0 Å². The van der Waals surface area contributed by atoms with Crippen LogP contribution in [0.3, 0.4) is 0 Å². The molecule has 0 fully saturated rings. The number of benzene rings is 1. The van der Waals surface area contributed by atoms with Gasteiger partial charge in [-0.15, -0.1) is 0 Å². The molecule has 0 amide bonds. The van der Waals surface area contributed by atoms with E-state index in [1.807, 2.05) is 0 Å². The molecule has 82 valence electrons. The van der Waals surface area contributed by atoms with Crippen molar-refractivity contribution in [1.82, 2.24) is 0 Å². The van der Waals surface area contributed by atoms with Gasteiger partial charge in [0, 0.05) is 14.3 Å². The molecule has 0 aliphatic rings. The molecule has 1 aromatic rings. The second kappa shape index (κ2) is 8.41. The topological polar surface area (TPSA) is 0 Å². The first-order chi connectivity index (χ1) is 6.76. The summed E-state index contributed by atoms with van der Waals surface area (Å²) in [5, 5.41) is 0. The summed E-state index contributed by atoms with van der Waals surface area (Å²) < 4.78 is 4.95. The Kier molecular flexibility index (Phi) is 9.23. The van der Waals surface area contributed by atoms with Gasteiger partial charge in [0.15, 0.2) is 0 Å². The van der Waals surface area contributed by atoms with Crippen LogP contribution in [-0.2, 0) is 0 Å². The van der Waals surface area contributed by atoms with Crippen LogP contribution in [0, 0.1) is 14.3 Å². The van der Waals surface area contributed by atoms with Crippen LogP contribution < -0.4 is 0 Å². The molecule has 14 heavy (non-hydrogen) atoms. The Morgan fingerprint density at radius 1 is 0.571 bits per heavy atom. The minimum absolute atomic E-state index is 0.416. The van der Waals surface area contributed by atoms with Crippen molar-refractivity contribution >= 4 is 116 Å². The van der Waals surface area contributed by atoms with E-state index >= 15 is 0 Å². The highest BCUT2D eigenvalue weighted by Crippen LogP contribution is 2.44. The molecule has 0 atom stereocenters. The third-order valence-corrected chi connectivity index (χ3v) is 12.8. The molecule has 0 N–H and O–H groups in total. The summed E-state index contributed by atoms with van der Waals surface area (Å²) in [4.78, 5) is 0. The summed E-state index contributed by atoms with van der Waals surface area (Å²) in [7, 11) is 23.8. The smallest absolute Gasteiger partial charge is 0.0334 e. The SMILES string of the molecule is Cl[I]c1cc([I]Cl)c([I]Cl)cc1[I]Cl. The lowest BCUT2D eigenvalue weighted by Crippen LogP contribution is -1.89. The summed E-state index contributed by atoms with van der Waals surface area (Å²) in [5.41, 5.74) is 0. The summed E-state index contributed by atoms with van der Waals surface area (Å²) in [6.07, 6.45) is 0. The van der Waals surface area contributed by atoms with Gasteiger partial charge in [-0.1, -0.05) is 0 Å². The second-order valence-corrected chi connectivity index (χ2v) is 12.1.